The van der Waals surface area contributed by atoms with Gasteiger partial charge in [0, 0.05) is 17.9 Å². The predicted octanol–water partition coefficient (Wildman–Crippen LogP) is 2.58. The Morgan fingerprint density at radius 1 is 1.40 bits per heavy atom. The highest BCUT2D eigenvalue weighted by Crippen LogP contribution is 2.18. The molecule has 1 aromatic carbocycles. The number of hydrogen-bond acceptors (Lipinski definition) is 6. The Bertz CT molecular complexity index is 570. The van der Waals surface area contributed by atoms with Crippen LogP contribution in [0.2, 0.25) is 0 Å². The molecule has 20 heavy (non-hydrogen) atoms. The third-order valence-corrected chi connectivity index (χ3v) is 3.35. The van der Waals surface area contributed by atoms with Crippen molar-refractivity contribution < 1.29 is 9.66 Å². The Morgan fingerprint density at radius 3 is 2.75 bits per heavy atom. The van der Waals surface area contributed by atoms with Gasteiger partial charge in [-0.3, -0.25) is 15.2 Å². The van der Waals surface area contributed by atoms with E-state index in [0.29, 0.717) is 12.4 Å². The fourth-order valence-corrected chi connectivity index (χ4v) is 2.22. The Balaban J connectivity index is 1.66. The maximum Gasteiger partial charge on any atom is 0.269 e. The number of nitro groups is 1. The van der Waals surface area contributed by atoms with Crippen LogP contribution in [-0.2, 0) is 0 Å². The van der Waals surface area contributed by atoms with Gasteiger partial charge in [-0.2, -0.15) is 0 Å². The lowest BCUT2D eigenvalue weighted by Gasteiger charge is -2.04. The number of nitrogens with zero attached hydrogens (tertiary/aromatic N) is 3. The lowest BCUT2D eigenvalue weighted by Crippen LogP contribution is -1.99. The summed E-state index contributed by atoms with van der Waals surface area (Å²) in [7, 11) is 0. The van der Waals surface area contributed by atoms with Crippen LogP contribution in [0.5, 0.6) is 5.75 Å². The maximum absolute atomic E-state index is 10.5. The normalized spacial score (nSPS) is 10.4. The highest BCUT2D eigenvalue weighted by atomic mass is 32.2. The molecular weight excluding hydrogens is 280 g/mol. The number of ether oxygens (including phenoxy) is 1. The van der Waals surface area contributed by atoms with Gasteiger partial charge in [0.05, 0.1) is 11.5 Å². The number of aryl methyl sites for hydroxylation is 1. The van der Waals surface area contributed by atoms with Crippen molar-refractivity contribution in [2.75, 3.05) is 12.4 Å². The van der Waals surface area contributed by atoms with Crippen molar-refractivity contribution in [1.82, 2.24) is 15.2 Å². The number of rotatable bonds is 7. The monoisotopic (exact) mass is 294 g/mol. The molecule has 0 atom stereocenters. The smallest absolute Gasteiger partial charge is 0.269 e. The molecule has 0 bridgehead atoms. The molecule has 0 aliphatic rings. The van der Waals surface area contributed by atoms with E-state index in [9.17, 15) is 10.1 Å². The molecule has 0 aliphatic heterocycles. The minimum absolute atomic E-state index is 0.0629. The second-order valence-corrected chi connectivity index (χ2v) is 5.07. The Morgan fingerprint density at radius 2 is 2.15 bits per heavy atom. The number of nitrogens with one attached hydrogen (secondary N) is 1. The molecule has 106 valence electrons. The van der Waals surface area contributed by atoms with Gasteiger partial charge < -0.3 is 4.74 Å². The average Bonchev–Trinajstić information content (AvgIpc) is 2.84. The largest absolute Gasteiger partial charge is 0.494 e. The Kier molecular flexibility index (Phi) is 4.94. The number of aromatic nitrogens is 3. The summed E-state index contributed by atoms with van der Waals surface area (Å²) >= 11 is 1.56. The molecule has 2 aromatic rings. The van der Waals surface area contributed by atoms with E-state index >= 15 is 0 Å². The molecule has 1 heterocycles. The van der Waals surface area contributed by atoms with Crippen LogP contribution in [0.15, 0.2) is 29.4 Å². The molecule has 7 nitrogen and oxygen atoms in total. The first-order valence-corrected chi connectivity index (χ1v) is 7.03. The molecule has 1 N–H and O–H groups in total. The number of benzene rings is 1. The van der Waals surface area contributed by atoms with Gasteiger partial charge in [-0.25, -0.2) is 4.98 Å². The Hall–Kier alpha value is -2.09. The topological polar surface area (TPSA) is 93.9 Å². The molecule has 0 aliphatic carbocycles. The predicted molar refractivity (Wildman–Crippen MR) is 75.1 cm³/mol. The molecule has 0 saturated heterocycles. The van der Waals surface area contributed by atoms with Crippen LogP contribution in [0.4, 0.5) is 5.69 Å². The quantitative estimate of drug-likeness (QED) is 0.365. The third kappa shape index (κ3) is 4.23. The van der Waals surface area contributed by atoms with Crippen molar-refractivity contribution in [2.45, 2.75) is 18.5 Å². The molecule has 0 radical (unpaired) electrons. The summed E-state index contributed by atoms with van der Waals surface area (Å²) in [5.41, 5.74) is 0.0629. The van der Waals surface area contributed by atoms with E-state index in [0.717, 1.165) is 23.2 Å². The van der Waals surface area contributed by atoms with Crippen molar-refractivity contribution in [3.05, 3.63) is 40.2 Å². The second-order valence-electron chi connectivity index (χ2n) is 4.00. The van der Waals surface area contributed by atoms with Crippen molar-refractivity contribution in [3.8, 4) is 5.75 Å². The number of hydrogen-bond donors (Lipinski definition) is 1. The molecular formula is C12H14N4O3S. The van der Waals surface area contributed by atoms with Crippen LogP contribution >= 0.6 is 11.8 Å². The zero-order chi connectivity index (χ0) is 14.4. The van der Waals surface area contributed by atoms with Crippen molar-refractivity contribution >= 4 is 17.4 Å². The summed E-state index contributed by atoms with van der Waals surface area (Å²) < 4.78 is 5.50. The SMILES string of the molecule is Cc1nc(SCCCOc2ccc([N+](=O)[O-])cc2)n[nH]1. The minimum Gasteiger partial charge on any atom is -0.494 e. The van der Waals surface area contributed by atoms with Gasteiger partial charge in [-0.1, -0.05) is 11.8 Å². The van der Waals surface area contributed by atoms with Gasteiger partial charge in [0.2, 0.25) is 5.16 Å². The van der Waals surface area contributed by atoms with E-state index < -0.39 is 4.92 Å². The summed E-state index contributed by atoms with van der Waals surface area (Å²) in [4.78, 5) is 14.2. The van der Waals surface area contributed by atoms with E-state index in [2.05, 4.69) is 15.2 Å². The molecule has 0 spiro atoms. The van der Waals surface area contributed by atoms with Crippen LogP contribution in [0.3, 0.4) is 0 Å². The van der Waals surface area contributed by atoms with Gasteiger partial charge in [0.1, 0.15) is 11.6 Å². The molecule has 2 rings (SSSR count). The lowest BCUT2D eigenvalue weighted by atomic mass is 10.3. The van der Waals surface area contributed by atoms with Crippen LogP contribution in [-0.4, -0.2) is 32.5 Å². The highest BCUT2D eigenvalue weighted by Gasteiger charge is 2.04. The number of H-pyrrole nitrogens is 1. The summed E-state index contributed by atoms with van der Waals surface area (Å²) in [5, 5.41) is 18.0. The first-order valence-electron chi connectivity index (χ1n) is 6.04. The minimum atomic E-state index is -0.431. The summed E-state index contributed by atoms with van der Waals surface area (Å²) in [5.74, 6) is 2.29. The third-order valence-electron chi connectivity index (χ3n) is 2.41. The summed E-state index contributed by atoms with van der Waals surface area (Å²) in [6.07, 6.45) is 0.843. The molecule has 0 unspecified atom stereocenters. The van der Waals surface area contributed by atoms with E-state index in [4.69, 9.17) is 4.74 Å². The molecule has 0 amide bonds. The number of non-ortho nitro benzene ring substituents is 1. The van der Waals surface area contributed by atoms with Crippen LogP contribution < -0.4 is 4.74 Å². The Labute approximate surface area is 119 Å². The van der Waals surface area contributed by atoms with Crippen molar-refractivity contribution in [1.29, 1.82) is 0 Å². The van der Waals surface area contributed by atoms with Gasteiger partial charge >= 0.3 is 0 Å². The fraction of sp³-hybridized carbons (Fsp3) is 0.333. The van der Waals surface area contributed by atoms with E-state index in [-0.39, 0.29) is 5.69 Å². The van der Waals surface area contributed by atoms with E-state index in [1.807, 2.05) is 6.92 Å². The van der Waals surface area contributed by atoms with Gasteiger partial charge in [0.25, 0.3) is 5.69 Å². The molecule has 8 heteroatoms. The molecule has 0 fully saturated rings. The zero-order valence-electron chi connectivity index (χ0n) is 10.9. The lowest BCUT2D eigenvalue weighted by molar-refractivity contribution is -0.384. The number of thioether (sulfide) groups is 1. The number of aromatic amines is 1. The first kappa shape index (κ1) is 14.3. The summed E-state index contributed by atoms with van der Waals surface area (Å²) in [6.45, 7) is 2.41. The molecule has 1 aromatic heterocycles. The van der Waals surface area contributed by atoms with Gasteiger partial charge in [-0.05, 0) is 25.5 Å². The van der Waals surface area contributed by atoms with Crippen LogP contribution in [0.25, 0.3) is 0 Å². The van der Waals surface area contributed by atoms with Crippen LogP contribution in [0, 0.1) is 17.0 Å². The summed E-state index contributed by atoms with van der Waals surface area (Å²) in [6, 6.07) is 6.06. The maximum atomic E-state index is 10.5. The van der Waals surface area contributed by atoms with Crippen molar-refractivity contribution in [2.24, 2.45) is 0 Å². The number of nitro benzene ring substituents is 1. The first-order chi connectivity index (χ1) is 9.65. The van der Waals surface area contributed by atoms with Gasteiger partial charge in [-0.15, -0.1) is 5.10 Å². The average molecular weight is 294 g/mol. The van der Waals surface area contributed by atoms with E-state index in [1.165, 1.54) is 12.1 Å². The molecule has 0 saturated carbocycles. The van der Waals surface area contributed by atoms with Crippen LogP contribution in [0.1, 0.15) is 12.2 Å². The standard InChI is InChI=1S/C12H14N4O3S/c1-9-13-12(15-14-9)20-8-2-7-19-11-5-3-10(4-6-11)16(17)18/h3-6H,2,7-8H2,1H3,(H,13,14,15). The van der Waals surface area contributed by atoms with Gasteiger partial charge in [0.15, 0.2) is 0 Å². The fourth-order valence-electron chi connectivity index (χ4n) is 1.46. The second kappa shape index (κ2) is 6.90. The highest BCUT2D eigenvalue weighted by molar-refractivity contribution is 7.99. The van der Waals surface area contributed by atoms with Crippen molar-refractivity contribution in [3.63, 3.8) is 0 Å². The zero-order valence-corrected chi connectivity index (χ0v) is 11.7. The van der Waals surface area contributed by atoms with E-state index in [1.54, 1.807) is 23.9 Å².